The van der Waals surface area contributed by atoms with Crippen LogP contribution in [0.2, 0.25) is 0 Å². The van der Waals surface area contributed by atoms with E-state index in [1.165, 1.54) is 5.56 Å². The van der Waals surface area contributed by atoms with Crippen molar-refractivity contribution in [2.75, 3.05) is 6.54 Å². The van der Waals surface area contributed by atoms with Gasteiger partial charge in [0.1, 0.15) is 6.33 Å². The molecule has 0 unspecified atom stereocenters. The average molecular weight is 179 g/mol. The monoisotopic (exact) mass is 179 g/mol. The lowest BCUT2D eigenvalue weighted by atomic mass is 10.1. The Labute approximate surface area is 79.6 Å². The normalized spacial score (nSPS) is 11.6. The predicted octanol–water partition coefficient (Wildman–Crippen LogP) is 1.41. The summed E-state index contributed by atoms with van der Waals surface area (Å²) in [5.41, 5.74) is 1.37. The summed E-state index contributed by atoms with van der Waals surface area (Å²) in [5.74, 6) is 0. The zero-order valence-corrected chi connectivity index (χ0v) is 8.54. The van der Waals surface area contributed by atoms with E-state index in [4.69, 9.17) is 0 Å². The van der Waals surface area contributed by atoms with Gasteiger partial charge in [0.05, 0.1) is 0 Å². The van der Waals surface area contributed by atoms with Crippen LogP contribution >= 0.6 is 0 Å². The number of nitrogens with zero attached hydrogens (tertiary/aromatic N) is 2. The molecule has 0 radical (unpaired) electrons. The highest BCUT2D eigenvalue weighted by atomic mass is 14.9. The molecule has 0 atom stereocenters. The van der Waals surface area contributed by atoms with Gasteiger partial charge in [0.2, 0.25) is 0 Å². The van der Waals surface area contributed by atoms with Crippen molar-refractivity contribution in [1.29, 1.82) is 0 Å². The van der Waals surface area contributed by atoms with Gasteiger partial charge in [-0.15, -0.1) is 0 Å². The smallest absolute Gasteiger partial charge is 0.115 e. The van der Waals surface area contributed by atoms with Crippen molar-refractivity contribution < 1.29 is 0 Å². The maximum absolute atomic E-state index is 3.96. The molecule has 0 spiro atoms. The van der Waals surface area contributed by atoms with E-state index in [-0.39, 0.29) is 5.54 Å². The molecule has 0 fully saturated rings. The highest BCUT2D eigenvalue weighted by Gasteiger charge is 2.07. The van der Waals surface area contributed by atoms with Crippen LogP contribution in [-0.2, 0) is 6.42 Å². The third kappa shape index (κ3) is 4.58. The molecule has 1 rings (SSSR count). The van der Waals surface area contributed by atoms with E-state index in [2.05, 4.69) is 36.1 Å². The van der Waals surface area contributed by atoms with Crippen LogP contribution in [0.1, 0.15) is 26.3 Å². The summed E-state index contributed by atoms with van der Waals surface area (Å²) in [4.78, 5) is 7.92. The Morgan fingerprint density at radius 3 is 2.38 bits per heavy atom. The minimum absolute atomic E-state index is 0.190. The fourth-order valence-electron chi connectivity index (χ4n) is 1.04. The lowest BCUT2D eigenvalue weighted by Gasteiger charge is -2.20. The zero-order chi connectivity index (χ0) is 9.73. The number of rotatable bonds is 3. The largest absolute Gasteiger partial charge is 0.312 e. The number of hydrogen-bond donors (Lipinski definition) is 1. The van der Waals surface area contributed by atoms with Gasteiger partial charge in [0.15, 0.2) is 0 Å². The molecule has 0 aliphatic rings. The van der Waals surface area contributed by atoms with Crippen LogP contribution < -0.4 is 5.32 Å². The van der Waals surface area contributed by atoms with Crippen molar-refractivity contribution in [3.8, 4) is 0 Å². The maximum Gasteiger partial charge on any atom is 0.115 e. The molecule has 0 saturated heterocycles. The van der Waals surface area contributed by atoms with Crippen LogP contribution in [-0.4, -0.2) is 22.1 Å². The maximum atomic E-state index is 3.96. The van der Waals surface area contributed by atoms with Crippen molar-refractivity contribution >= 4 is 0 Å². The first-order valence-corrected chi connectivity index (χ1v) is 4.57. The third-order valence-corrected chi connectivity index (χ3v) is 1.68. The second-order valence-corrected chi connectivity index (χ2v) is 4.17. The lowest BCUT2D eigenvalue weighted by Crippen LogP contribution is -2.37. The van der Waals surface area contributed by atoms with E-state index in [1.807, 2.05) is 12.4 Å². The van der Waals surface area contributed by atoms with Gasteiger partial charge in [-0.05, 0) is 39.3 Å². The van der Waals surface area contributed by atoms with Crippen LogP contribution in [0.4, 0.5) is 0 Å². The second kappa shape index (κ2) is 4.33. The standard InChI is InChI=1S/C10H17N3/c1-10(2,3)13-5-4-9-6-11-8-12-7-9/h6-8,13H,4-5H2,1-3H3. The van der Waals surface area contributed by atoms with Gasteiger partial charge in [-0.25, -0.2) is 9.97 Å². The molecule has 72 valence electrons. The topological polar surface area (TPSA) is 37.8 Å². The summed E-state index contributed by atoms with van der Waals surface area (Å²) in [5, 5.41) is 3.41. The Hall–Kier alpha value is -0.960. The van der Waals surface area contributed by atoms with Crippen molar-refractivity contribution in [3.05, 3.63) is 24.3 Å². The Balaban J connectivity index is 2.29. The third-order valence-electron chi connectivity index (χ3n) is 1.68. The summed E-state index contributed by atoms with van der Waals surface area (Å²) in [6.45, 7) is 7.45. The molecular weight excluding hydrogens is 162 g/mol. The van der Waals surface area contributed by atoms with Crippen molar-refractivity contribution in [2.24, 2.45) is 0 Å². The van der Waals surface area contributed by atoms with Crippen molar-refractivity contribution in [2.45, 2.75) is 32.7 Å². The van der Waals surface area contributed by atoms with E-state index < -0.39 is 0 Å². The number of hydrogen-bond acceptors (Lipinski definition) is 3. The minimum atomic E-state index is 0.190. The minimum Gasteiger partial charge on any atom is -0.312 e. The Morgan fingerprint density at radius 2 is 1.85 bits per heavy atom. The molecular formula is C10H17N3. The molecule has 3 heteroatoms. The van der Waals surface area contributed by atoms with Gasteiger partial charge in [0.25, 0.3) is 0 Å². The molecule has 3 nitrogen and oxygen atoms in total. The quantitative estimate of drug-likeness (QED) is 0.762. The first kappa shape index (κ1) is 10.1. The predicted molar refractivity (Wildman–Crippen MR) is 53.5 cm³/mol. The van der Waals surface area contributed by atoms with E-state index in [0.29, 0.717) is 0 Å². The Bertz CT molecular complexity index is 238. The van der Waals surface area contributed by atoms with Crippen LogP contribution in [0.15, 0.2) is 18.7 Å². The second-order valence-electron chi connectivity index (χ2n) is 4.17. The number of aromatic nitrogens is 2. The summed E-state index contributed by atoms with van der Waals surface area (Å²) >= 11 is 0. The Kier molecular flexibility index (Phi) is 3.37. The molecule has 0 saturated carbocycles. The van der Waals surface area contributed by atoms with Crippen LogP contribution in [0, 0.1) is 0 Å². The average Bonchev–Trinajstić information content (AvgIpc) is 2.04. The molecule has 0 aromatic carbocycles. The summed E-state index contributed by atoms with van der Waals surface area (Å²) in [7, 11) is 0. The fourth-order valence-corrected chi connectivity index (χ4v) is 1.04. The molecule has 1 aromatic heterocycles. The van der Waals surface area contributed by atoms with Gasteiger partial charge in [-0.1, -0.05) is 0 Å². The van der Waals surface area contributed by atoms with E-state index in [9.17, 15) is 0 Å². The molecule has 1 N–H and O–H groups in total. The van der Waals surface area contributed by atoms with Crippen LogP contribution in [0.3, 0.4) is 0 Å². The van der Waals surface area contributed by atoms with Crippen molar-refractivity contribution in [3.63, 3.8) is 0 Å². The number of nitrogens with one attached hydrogen (secondary N) is 1. The van der Waals surface area contributed by atoms with Crippen molar-refractivity contribution in [1.82, 2.24) is 15.3 Å². The first-order valence-electron chi connectivity index (χ1n) is 4.57. The van der Waals surface area contributed by atoms with E-state index in [0.717, 1.165) is 13.0 Å². The van der Waals surface area contributed by atoms with Crippen LogP contribution in [0.25, 0.3) is 0 Å². The SMILES string of the molecule is CC(C)(C)NCCc1cncnc1. The lowest BCUT2D eigenvalue weighted by molar-refractivity contribution is 0.429. The van der Waals surface area contributed by atoms with Gasteiger partial charge in [0, 0.05) is 17.9 Å². The molecule has 0 aliphatic carbocycles. The van der Waals surface area contributed by atoms with E-state index >= 15 is 0 Å². The summed E-state index contributed by atoms with van der Waals surface area (Å²) in [6, 6.07) is 0. The van der Waals surface area contributed by atoms with Crippen LogP contribution in [0.5, 0.6) is 0 Å². The molecule has 0 bridgehead atoms. The zero-order valence-electron chi connectivity index (χ0n) is 8.54. The highest BCUT2D eigenvalue weighted by Crippen LogP contribution is 1.99. The molecule has 13 heavy (non-hydrogen) atoms. The highest BCUT2D eigenvalue weighted by molar-refractivity contribution is 5.02. The molecule has 0 amide bonds. The Morgan fingerprint density at radius 1 is 1.23 bits per heavy atom. The van der Waals surface area contributed by atoms with Gasteiger partial charge in [-0.2, -0.15) is 0 Å². The molecule has 0 aliphatic heterocycles. The molecule has 1 heterocycles. The fraction of sp³-hybridized carbons (Fsp3) is 0.600. The summed E-state index contributed by atoms with van der Waals surface area (Å²) < 4.78 is 0. The summed E-state index contributed by atoms with van der Waals surface area (Å²) in [6.07, 6.45) is 6.26. The van der Waals surface area contributed by atoms with E-state index in [1.54, 1.807) is 6.33 Å². The van der Waals surface area contributed by atoms with Gasteiger partial charge in [-0.3, -0.25) is 0 Å². The molecule has 1 aromatic rings. The van der Waals surface area contributed by atoms with Gasteiger partial charge < -0.3 is 5.32 Å². The first-order chi connectivity index (χ1) is 6.08. The van der Waals surface area contributed by atoms with Gasteiger partial charge >= 0.3 is 0 Å².